The fraction of sp³-hybridized carbons (Fsp3) is 0.111. The van der Waals surface area contributed by atoms with E-state index in [1.807, 2.05) is 6.92 Å². The molecule has 1 aliphatic heterocycles. The molecule has 1 aliphatic rings. The monoisotopic (exact) mass is 395 g/mol. The fourth-order valence-electron chi connectivity index (χ4n) is 2.57. The van der Waals surface area contributed by atoms with Gasteiger partial charge >= 0.3 is 0 Å². The lowest BCUT2D eigenvalue weighted by molar-refractivity contribution is -0.119. The number of carbonyl (C=O) groups excluding carboxylic acids is 2. The van der Waals surface area contributed by atoms with Crippen LogP contribution in [0.4, 0.5) is 10.1 Å². The average Bonchev–Trinajstić information content (AvgIpc) is 2.79. The van der Waals surface area contributed by atoms with Crippen molar-refractivity contribution in [3.63, 3.8) is 0 Å². The summed E-state index contributed by atoms with van der Waals surface area (Å²) in [5.41, 5.74) is 0.825. The van der Waals surface area contributed by atoms with Crippen LogP contribution in [0.3, 0.4) is 0 Å². The lowest BCUT2D eigenvalue weighted by Gasteiger charge is -2.15. The molecule has 7 heteroatoms. The summed E-state index contributed by atoms with van der Waals surface area (Å²) >= 11 is 13.4. The van der Waals surface area contributed by atoms with Crippen LogP contribution in [0.2, 0.25) is 10.0 Å². The summed E-state index contributed by atoms with van der Waals surface area (Å²) in [6, 6.07) is 10.1. The van der Waals surface area contributed by atoms with Crippen molar-refractivity contribution >= 4 is 58.0 Å². The molecule has 0 spiro atoms. The molecule has 0 fully saturated rings. The molecular weight excluding hydrogens is 384 g/mol. The first-order chi connectivity index (χ1) is 11.9. The van der Waals surface area contributed by atoms with E-state index in [-0.39, 0.29) is 16.3 Å². The van der Waals surface area contributed by atoms with Gasteiger partial charge in [0.1, 0.15) is 5.82 Å². The summed E-state index contributed by atoms with van der Waals surface area (Å²) in [4.78, 5) is 27.1. The Labute approximate surface area is 158 Å². The molecule has 0 unspecified atom stereocenters. The Morgan fingerprint density at radius 1 is 1.08 bits per heavy atom. The summed E-state index contributed by atoms with van der Waals surface area (Å²) in [5, 5.41) is 0.705. The molecule has 0 aliphatic carbocycles. The Morgan fingerprint density at radius 3 is 2.48 bits per heavy atom. The zero-order valence-electron chi connectivity index (χ0n) is 13.1. The quantitative estimate of drug-likeness (QED) is 0.670. The Kier molecular flexibility index (Phi) is 5.18. The van der Waals surface area contributed by atoms with Crippen molar-refractivity contribution in [1.29, 1.82) is 0 Å². The smallest absolute Gasteiger partial charge is 0.268 e. The second-order valence-electron chi connectivity index (χ2n) is 5.19. The molecule has 0 saturated heterocycles. The first-order valence-corrected chi connectivity index (χ1v) is 9.15. The number of nitrogens with zero attached hydrogens (tertiary/aromatic N) is 1. The van der Waals surface area contributed by atoms with E-state index in [2.05, 4.69) is 0 Å². The molecule has 2 aromatic rings. The SMILES string of the molecule is CCSC1=C(c2ccc(Cl)cc2Cl)C(=O)N(c2cccc(F)c2)C1=O. The minimum Gasteiger partial charge on any atom is -0.268 e. The molecule has 2 amide bonds. The van der Waals surface area contributed by atoms with Crippen LogP contribution in [-0.2, 0) is 9.59 Å². The predicted octanol–water partition coefficient (Wildman–Crippen LogP) is 5.17. The number of carbonyl (C=O) groups is 2. The Morgan fingerprint density at radius 2 is 1.84 bits per heavy atom. The third-order valence-corrected chi connectivity index (χ3v) is 5.10. The van der Waals surface area contributed by atoms with Gasteiger partial charge in [-0.05, 0) is 36.1 Å². The van der Waals surface area contributed by atoms with Crippen LogP contribution in [0.1, 0.15) is 12.5 Å². The Hall–Kier alpha value is -1.82. The number of hydrogen-bond donors (Lipinski definition) is 0. The second-order valence-corrected chi connectivity index (χ2v) is 7.30. The van der Waals surface area contributed by atoms with Crippen LogP contribution in [0, 0.1) is 5.82 Å². The van der Waals surface area contributed by atoms with E-state index in [1.54, 1.807) is 12.1 Å². The lowest BCUT2D eigenvalue weighted by atomic mass is 10.1. The van der Waals surface area contributed by atoms with Crippen molar-refractivity contribution in [2.45, 2.75) is 6.92 Å². The van der Waals surface area contributed by atoms with Crippen LogP contribution in [-0.4, -0.2) is 17.6 Å². The zero-order chi connectivity index (χ0) is 18.1. The van der Waals surface area contributed by atoms with Crippen molar-refractivity contribution < 1.29 is 14.0 Å². The molecule has 25 heavy (non-hydrogen) atoms. The third kappa shape index (κ3) is 3.32. The maximum absolute atomic E-state index is 13.5. The van der Waals surface area contributed by atoms with Crippen LogP contribution in [0.25, 0.3) is 5.57 Å². The van der Waals surface area contributed by atoms with Crippen LogP contribution in [0.15, 0.2) is 47.4 Å². The van der Waals surface area contributed by atoms with Gasteiger partial charge in [-0.1, -0.05) is 42.3 Å². The summed E-state index contributed by atoms with van der Waals surface area (Å²) < 4.78 is 13.5. The summed E-state index contributed by atoms with van der Waals surface area (Å²) in [7, 11) is 0. The minimum absolute atomic E-state index is 0.185. The van der Waals surface area contributed by atoms with Gasteiger partial charge in [-0.25, -0.2) is 9.29 Å². The zero-order valence-corrected chi connectivity index (χ0v) is 15.4. The normalized spacial score (nSPS) is 14.6. The standard InChI is InChI=1S/C18H12Cl2FNO2S/c1-2-25-16-15(13-7-6-10(19)8-14(13)20)17(23)22(18(16)24)12-5-3-4-11(21)9-12/h3-9H,2H2,1H3. The lowest BCUT2D eigenvalue weighted by Crippen LogP contribution is -2.31. The maximum atomic E-state index is 13.5. The van der Waals surface area contributed by atoms with E-state index in [9.17, 15) is 14.0 Å². The average molecular weight is 396 g/mol. The summed E-state index contributed by atoms with van der Waals surface area (Å²) in [5.74, 6) is -0.944. The highest BCUT2D eigenvalue weighted by atomic mass is 35.5. The van der Waals surface area contributed by atoms with Crippen molar-refractivity contribution in [3.05, 3.63) is 68.8 Å². The molecular formula is C18H12Cl2FNO2S. The first-order valence-electron chi connectivity index (χ1n) is 7.41. The van der Waals surface area contributed by atoms with E-state index in [0.717, 1.165) is 11.0 Å². The van der Waals surface area contributed by atoms with E-state index in [4.69, 9.17) is 23.2 Å². The van der Waals surface area contributed by atoms with E-state index >= 15 is 0 Å². The highest BCUT2D eigenvalue weighted by Gasteiger charge is 2.40. The molecule has 3 rings (SSSR count). The molecule has 0 atom stereocenters. The van der Waals surface area contributed by atoms with Crippen molar-refractivity contribution in [3.8, 4) is 0 Å². The van der Waals surface area contributed by atoms with Gasteiger partial charge in [-0.2, -0.15) is 0 Å². The Bertz CT molecular complexity index is 914. The molecule has 0 aromatic heterocycles. The number of hydrogen-bond acceptors (Lipinski definition) is 3. The first kappa shape index (κ1) is 18.0. The minimum atomic E-state index is -0.532. The topological polar surface area (TPSA) is 37.4 Å². The second kappa shape index (κ2) is 7.20. The Balaban J connectivity index is 2.14. The molecule has 2 aromatic carbocycles. The predicted molar refractivity (Wildman–Crippen MR) is 100 cm³/mol. The largest absolute Gasteiger partial charge is 0.272 e. The van der Waals surface area contributed by atoms with Gasteiger partial charge in [0.05, 0.1) is 21.2 Å². The number of rotatable bonds is 4. The number of benzene rings is 2. The number of anilines is 1. The molecule has 3 nitrogen and oxygen atoms in total. The van der Waals surface area contributed by atoms with Crippen molar-refractivity contribution in [2.75, 3.05) is 10.7 Å². The molecule has 0 saturated carbocycles. The summed E-state index contributed by atoms with van der Waals surface area (Å²) in [6.07, 6.45) is 0. The number of halogens is 3. The maximum Gasteiger partial charge on any atom is 0.272 e. The molecule has 1 heterocycles. The van der Waals surface area contributed by atoms with Crippen molar-refractivity contribution in [1.82, 2.24) is 0 Å². The number of thioether (sulfide) groups is 1. The van der Waals surface area contributed by atoms with Gasteiger partial charge in [-0.15, -0.1) is 11.8 Å². The van der Waals surface area contributed by atoms with Gasteiger partial charge in [0, 0.05) is 10.6 Å². The molecule has 0 radical (unpaired) electrons. The highest BCUT2D eigenvalue weighted by molar-refractivity contribution is 8.04. The number of imide groups is 1. The van der Waals surface area contributed by atoms with Gasteiger partial charge in [0.25, 0.3) is 11.8 Å². The highest BCUT2D eigenvalue weighted by Crippen LogP contribution is 2.40. The van der Waals surface area contributed by atoms with Crippen molar-refractivity contribution in [2.24, 2.45) is 0 Å². The van der Waals surface area contributed by atoms with Crippen LogP contribution >= 0.6 is 35.0 Å². The third-order valence-electron chi connectivity index (χ3n) is 3.60. The van der Waals surface area contributed by atoms with Gasteiger partial charge in [-0.3, -0.25) is 9.59 Å². The summed E-state index contributed by atoms with van der Waals surface area (Å²) in [6.45, 7) is 1.88. The van der Waals surface area contributed by atoms with E-state index in [0.29, 0.717) is 21.2 Å². The van der Waals surface area contributed by atoms with Crippen LogP contribution in [0.5, 0.6) is 0 Å². The van der Waals surface area contributed by atoms with Crippen LogP contribution < -0.4 is 4.90 Å². The molecule has 0 N–H and O–H groups in total. The van der Waals surface area contributed by atoms with Gasteiger partial charge in [0.15, 0.2) is 0 Å². The molecule has 128 valence electrons. The fourth-order valence-corrected chi connectivity index (χ4v) is 3.92. The number of amides is 2. The van der Waals surface area contributed by atoms with E-state index in [1.165, 1.54) is 36.0 Å². The molecule has 0 bridgehead atoms. The van der Waals surface area contributed by atoms with Gasteiger partial charge < -0.3 is 0 Å². The van der Waals surface area contributed by atoms with Gasteiger partial charge in [0.2, 0.25) is 0 Å². The van der Waals surface area contributed by atoms with E-state index < -0.39 is 17.6 Å².